The van der Waals surface area contributed by atoms with Gasteiger partial charge in [0.05, 0.1) is 11.9 Å². The molecule has 1 heterocycles. The van der Waals surface area contributed by atoms with Crippen molar-refractivity contribution >= 4 is 17.4 Å². The molecule has 0 saturated heterocycles. The van der Waals surface area contributed by atoms with Crippen LogP contribution in [0.2, 0.25) is 0 Å². The molecule has 0 spiro atoms. The van der Waals surface area contributed by atoms with Crippen LogP contribution in [-0.2, 0) is 4.79 Å². The van der Waals surface area contributed by atoms with Crippen molar-refractivity contribution in [2.24, 2.45) is 0 Å². The molecule has 0 aromatic carbocycles. The Kier molecular flexibility index (Phi) is 4.76. The summed E-state index contributed by atoms with van der Waals surface area (Å²) in [6, 6.07) is 3.78. The minimum atomic E-state index is 0.125. The fourth-order valence-corrected chi connectivity index (χ4v) is 1.40. The lowest BCUT2D eigenvalue weighted by Crippen LogP contribution is -2.25. The van der Waals surface area contributed by atoms with Gasteiger partial charge in [-0.05, 0) is 25.5 Å². The van der Waals surface area contributed by atoms with Crippen LogP contribution >= 0.6 is 0 Å². The summed E-state index contributed by atoms with van der Waals surface area (Å²) < 4.78 is 0. The molecule has 1 aromatic rings. The van der Waals surface area contributed by atoms with Crippen LogP contribution < -0.4 is 10.2 Å². The molecule has 0 aliphatic rings. The molecule has 88 valence electrons. The number of amides is 1. The van der Waals surface area contributed by atoms with Crippen LogP contribution in [0.4, 0.5) is 11.5 Å². The largest absolute Gasteiger partial charge is 0.370 e. The van der Waals surface area contributed by atoms with Crippen molar-refractivity contribution in [3.8, 4) is 0 Å². The molecule has 0 saturated carbocycles. The van der Waals surface area contributed by atoms with Crippen LogP contribution in [0.15, 0.2) is 18.3 Å². The molecule has 4 nitrogen and oxygen atoms in total. The van der Waals surface area contributed by atoms with Crippen LogP contribution in [0.1, 0.15) is 26.7 Å². The Labute approximate surface area is 96.7 Å². The molecular formula is C12H19N3O. The van der Waals surface area contributed by atoms with Gasteiger partial charge in [0.2, 0.25) is 5.91 Å². The van der Waals surface area contributed by atoms with Crippen molar-refractivity contribution in [1.82, 2.24) is 4.98 Å². The van der Waals surface area contributed by atoms with E-state index in [2.05, 4.69) is 10.3 Å². The third kappa shape index (κ3) is 3.22. The van der Waals surface area contributed by atoms with Gasteiger partial charge in [0, 0.05) is 20.0 Å². The van der Waals surface area contributed by atoms with Gasteiger partial charge in [0.15, 0.2) is 0 Å². The highest BCUT2D eigenvalue weighted by atomic mass is 16.2. The zero-order valence-electron chi connectivity index (χ0n) is 10.2. The van der Waals surface area contributed by atoms with Gasteiger partial charge in [-0.1, -0.05) is 6.92 Å². The Morgan fingerprint density at radius 1 is 1.44 bits per heavy atom. The molecule has 0 bridgehead atoms. The highest BCUT2D eigenvalue weighted by Gasteiger charge is 2.09. The first-order chi connectivity index (χ1) is 7.69. The minimum Gasteiger partial charge on any atom is -0.370 e. The Morgan fingerprint density at radius 2 is 2.19 bits per heavy atom. The van der Waals surface area contributed by atoms with Gasteiger partial charge >= 0.3 is 0 Å². The van der Waals surface area contributed by atoms with E-state index in [1.54, 1.807) is 18.1 Å². The van der Waals surface area contributed by atoms with E-state index in [0.29, 0.717) is 6.42 Å². The summed E-state index contributed by atoms with van der Waals surface area (Å²) in [6.07, 6.45) is 3.16. The standard InChI is InChI=1S/C12H19N3O/c1-4-6-12(16)15(3)10-7-8-11(13-5-2)14-9-10/h7-9H,4-6H2,1-3H3,(H,13,14). The summed E-state index contributed by atoms with van der Waals surface area (Å²) >= 11 is 0. The predicted molar refractivity (Wildman–Crippen MR) is 66.7 cm³/mol. The summed E-state index contributed by atoms with van der Waals surface area (Å²) in [7, 11) is 1.78. The van der Waals surface area contributed by atoms with Crippen molar-refractivity contribution in [2.75, 3.05) is 23.8 Å². The molecular weight excluding hydrogens is 202 g/mol. The van der Waals surface area contributed by atoms with Gasteiger partial charge in [0.25, 0.3) is 0 Å². The molecule has 1 N–H and O–H groups in total. The molecule has 0 radical (unpaired) electrons. The third-order valence-electron chi connectivity index (χ3n) is 2.33. The summed E-state index contributed by atoms with van der Waals surface area (Å²) in [5, 5.41) is 3.11. The molecule has 1 rings (SSSR count). The lowest BCUT2D eigenvalue weighted by atomic mass is 10.3. The van der Waals surface area contributed by atoms with Crippen molar-refractivity contribution in [2.45, 2.75) is 26.7 Å². The molecule has 0 aliphatic heterocycles. The van der Waals surface area contributed by atoms with E-state index in [-0.39, 0.29) is 5.91 Å². The van der Waals surface area contributed by atoms with E-state index in [1.807, 2.05) is 26.0 Å². The van der Waals surface area contributed by atoms with E-state index in [1.165, 1.54) is 0 Å². The highest BCUT2D eigenvalue weighted by Crippen LogP contribution is 2.14. The highest BCUT2D eigenvalue weighted by molar-refractivity contribution is 5.92. The van der Waals surface area contributed by atoms with E-state index < -0.39 is 0 Å². The van der Waals surface area contributed by atoms with Gasteiger partial charge in [0.1, 0.15) is 5.82 Å². The summed E-state index contributed by atoms with van der Waals surface area (Å²) in [6.45, 7) is 4.86. The summed E-state index contributed by atoms with van der Waals surface area (Å²) in [5.41, 5.74) is 0.833. The van der Waals surface area contributed by atoms with Crippen molar-refractivity contribution in [1.29, 1.82) is 0 Å². The van der Waals surface area contributed by atoms with Crippen LogP contribution in [0.5, 0.6) is 0 Å². The number of pyridine rings is 1. The zero-order valence-corrected chi connectivity index (χ0v) is 10.2. The van der Waals surface area contributed by atoms with Crippen molar-refractivity contribution in [3.63, 3.8) is 0 Å². The average molecular weight is 221 g/mol. The van der Waals surface area contributed by atoms with E-state index in [9.17, 15) is 4.79 Å². The molecule has 4 heteroatoms. The lowest BCUT2D eigenvalue weighted by molar-refractivity contribution is -0.118. The van der Waals surface area contributed by atoms with Crippen LogP contribution in [0.25, 0.3) is 0 Å². The van der Waals surface area contributed by atoms with Crippen LogP contribution in [0, 0.1) is 0 Å². The molecule has 0 aliphatic carbocycles. The maximum absolute atomic E-state index is 11.6. The summed E-state index contributed by atoms with van der Waals surface area (Å²) in [4.78, 5) is 17.5. The number of anilines is 2. The fraction of sp³-hybridized carbons (Fsp3) is 0.500. The normalized spacial score (nSPS) is 9.94. The number of rotatable bonds is 5. The zero-order chi connectivity index (χ0) is 12.0. The third-order valence-corrected chi connectivity index (χ3v) is 2.33. The monoisotopic (exact) mass is 221 g/mol. The van der Waals surface area contributed by atoms with Gasteiger partial charge in [-0.2, -0.15) is 0 Å². The van der Waals surface area contributed by atoms with Gasteiger partial charge in [-0.3, -0.25) is 4.79 Å². The molecule has 1 aromatic heterocycles. The molecule has 0 unspecified atom stereocenters. The lowest BCUT2D eigenvalue weighted by Gasteiger charge is -2.16. The fourth-order valence-electron chi connectivity index (χ4n) is 1.40. The maximum Gasteiger partial charge on any atom is 0.226 e. The Hall–Kier alpha value is -1.58. The minimum absolute atomic E-state index is 0.125. The first kappa shape index (κ1) is 12.5. The SMILES string of the molecule is CCCC(=O)N(C)c1ccc(NCC)nc1. The van der Waals surface area contributed by atoms with E-state index in [4.69, 9.17) is 0 Å². The summed E-state index contributed by atoms with van der Waals surface area (Å²) in [5.74, 6) is 0.961. The number of hydrogen-bond acceptors (Lipinski definition) is 3. The van der Waals surface area contributed by atoms with Gasteiger partial charge in [-0.25, -0.2) is 4.98 Å². The smallest absolute Gasteiger partial charge is 0.226 e. The van der Waals surface area contributed by atoms with Crippen LogP contribution in [-0.4, -0.2) is 24.5 Å². The quantitative estimate of drug-likeness (QED) is 0.829. The van der Waals surface area contributed by atoms with Crippen molar-refractivity contribution < 1.29 is 4.79 Å². The van der Waals surface area contributed by atoms with E-state index in [0.717, 1.165) is 24.5 Å². The number of nitrogens with one attached hydrogen (secondary N) is 1. The number of hydrogen-bond donors (Lipinski definition) is 1. The first-order valence-electron chi connectivity index (χ1n) is 5.65. The first-order valence-corrected chi connectivity index (χ1v) is 5.65. The second-order valence-electron chi connectivity index (χ2n) is 3.63. The Bertz CT molecular complexity index is 335. The number of carbonyl (C=O) groups is 1. The molecule has 0 fully saturated rings. The van der Waals surface area contributed by atoms with E-state index >= 15 is 0 Å². The average Bonchev–Trinajstić information content (AvgIpc) is 2.30. The second-order valence-corrected chi connectivity index (χ2v) is 3.63. The molecule has 0 atom stereocenters. The number of carbonyl (C=O) groups excluding carboxylic acids is 1. The second kappa shape index (κ2) is 6.10. The number of nitrogens with zero attached hydrogens (tertiary/aromatic N) is 2. The molecule has 16 heavy (non-hydrogen) atoms. The van der Waals surface area contributed by atoms with Crippen LogP contribution in [0.3, 0.4) is 0 Å². The number of aromatic nitrogens is 1. The Morgan fingerprint density at radius 3 is 2.69 bits per heavy atom. The topological polar surface area (TPSA) is 45.2 Å². The van der Waals surface area contributed by atoms with Gasteiger partial charge < -0.3 is 10.2 Å². The molecule has 1 amide bonds. The Balaban J connectivity index is 2.69. The maximum atomic E-state index is 11.6. The van der Waals surface area contributed by atoms with Crippen molar-refractivity contribution in [3.05, 3.63) is 18.3 Å². The van der Waals surface area contributed by atoms with Gasteiger partial charge in [-0.15, -0.1) is 0 Å². The predicted octanol–water partition coefficient (Wildman–Crippen LogP) is 2.28.